The van der Waals surface area contributed by atoms with Gasteiger partial charge in [-0.1, -0.05) is 0 Å². The highest BCUT2D eigenvalue weighted by atomic mass is 16.7. The zero-order chi connectivity index (χ0) is 10.1. The molecule has 86 valence electrons. The first-order chi connectivity index (χ1) is 7.43. The summed E-state index contributed by atoms with van der Waals surface area (Å²) >= 11 is 0. The number of hydrogen-bond donors (Lipinski definition) is 0. The molecule has 3 rings (SSSR count). The molecule has 3 fully saturated rings. The second-order valence-corrected chi connectivity index (χ2v) is 4.47. The highest BCUT2D eigenvalue weighted by Crippen LogP contribution is 2.30. The number of rotatable bonds is 2. The summed E-state index contributed by atoms with van der Waals surface area (Å²) < 4.78 is 22.7. The summed E-state index contributed by atoms with van der Waals surface area (Å²) in [5.41, 5.74) is 0. The van der Waals surface area contributed by atoms with E-state index in [1.165, 1.54) is 6.42 Å². The van der Waals surface area contributed by atoms with E-state index in [2.05, 4.69) is 0 Å². The predicted molar refractivity (Wildman–Crippen MR) is 52.6 cm³/mol. The van der Waals surface area contributed by atoms with Gasteiger partial charge in [0.05, 0.1) is 12.7 Å². The van der Waals surface area contributed by atoms with Gasteiger partial charge in [-0.2, -0.15) is 0 Å². The Labute approximate surface area is 89.8 Å². The van der Waals surface area contributed by atoms with E-state index in [0.717, 1.165) is 32.5 Å². The monoisotopic (exact) mass is 214 g/mol. The average molecular weight is 214 g/mol. The van der Waals surface area contributed by atoms with E-state index in [-0.39, 0.29) is 24.6 Å². The first-order valence-corrected chi connectivity index (χ1v) is 5.94. The third-order valence-electron chi connectivity index (χ3n) is 3.38. The van der Waals surface area contributed by atoms with Crippen LogP contribution in [0.2, 0.25) is 0 Å². The zero-order valence-electron chi connectivity index (χ0n) is 8.89. The van der Waals surface area contributed by atoms with Crippen LogP contribution in [-0.2, 0) is 18.9 Å². The summed E-state index contributed by atoms with van der Waals surface area (Å²) in [7, 11) is 0. The normalized spacial score (nSPS) is 45.6. The standard InChI is InChI=1S/C11H18O4/c1-2-5-12-10(3-1)15-9-7-14-8-4-6-13-11(8)9/h8-11H,1-7H2/t8-,9-,10?,11?/m1/s1. The second kappa shape index (κ2) is 4.37. The predicted octanol–water partition coefficient (Wildman–Crippen LogP) is 1.09. The van der Waals surface area contributed by atoms with Crippen LogP contribution in [0.3, 0.4) is 0 Å². The smallest absolute Gasteiger partial charge is 0.158 e. The molecule has 0 spiro atoms. The van der Waals surface area contributed by atoms with E-state index in [1.807, 2.05) is 0 Å². The molecule has 0 aromatic heterocycles. The lowest BCUT2D eigenvalue weighted by atomic mass is 10.1. The van der Waals surface area contributed by atoms with Gasteiger partial charge < -0.3 is 18.9 Å². The van der Waals surface area contributed by atoms with E-state index in [9.17, 15) is 0 Å². The van der Waals surface area contributed by atoms with Crippen molar-refractivity contribution >= 4 is 0 Å². The lowest BCUT2D eigenvalue weighted by Crippen LogP contribution is -2.35. The van der Waals surface area contributed by atoms with Gasteiger partial charge in [0, 0.05) is 13.2 Å². The van der Waals surface area contributed by atoms with Crippen LogP contribution in [0.1, 0.15) is 25.7 Å². The largest absolute Gasteiger partial charge is 0.373 e. The summed E-state index contributed by atoms with van der Waals surface area (Å²) in [6.45, 7) is 2.29. The molecule has 0 bridgehead atoms. The van der Waals surface area contributed by atoms with Crippen molar-refractivity contribution in [2.75, 3.05) is 19.8 Å². The first kappa shape index (κ1) is 10.0. The Morgan fingerprint density at radius 1 is 0.933 bits per heavy atom. The maximum atomic E-state index is 5.89. The molecule has 0 amide bonds. The molecule has 4 heteroatoms. The summed E-state index contributed by atoms with van der Waals surface area (Å²) in [4.78, 5) is 0. The van der Waals surface area contributed by atoms with Crippen molar-refractivity contribution in [2.45, 2.75) is 50.3 Å². The number of hydrogen-bond acceptors (Lipinski definition) is 4. The van der Waals surface area contributed by atoms with Crippen LogP contribution in [0.4, 0.5) is 0 Å². The van der Waals surface area contributed by atoms with Crippen molar-refractivity contribution in [3.05, 3.63) is 0 Å². The minimum Gasteiger partial charge on any atom is -0.373 e. The van der Waals surface area contributed by atoms with Crippen LogP contribution in [0.5, 0.6) is 0 Å². The summed E-state index contributed by atoms with van der Waals surface area (Å²) in [5, 5.41) is 0. The Kier molecular flexibility index (Phi) is 2.92. The van der Waals surface area contributed by atoms with Crippen LogP contribution in [0, 0.1) is 0 Å². The Morgan fingerprint density at radius 3 is 2.80 bits per heavy atom. The maximum absolute atomic E-state index is 5.89. The lowest BCUT2D eigenvalue weighted by molar-refractivity contribution is -0.201. The van der Waals surface area contributed by atoms with Crippen molar-refractivity contribution in [3.8, 4) is 0 Å². The van der Waals surface area contributed by atoms with Gasteiger partial charge in [0.2, 0.25) is 0 Å². The van der Waals surface area contributed by atoms with Gasteiger partial charge >= 0.3 is 0 Å². The van der Waals surface area contributed by atoms with Gasteiger partial charge in [0.15, 0.2) is 6.29 Å². The van der Waals surface area contributed by atoms with E-state index in [4.69, 9.17) is 18.9 Å². The molecule has 3 heterocycles. The fraction of sp³-hybridized carbons (Fsp3) is 1.00. The fourth-order valence-corrected chi connectivity index (χ4v) is 2.56. The summed E-state index contributed by atoms with van der Waals surface area (Å²) in [5.74, 6) is 0. The Hall–Kier alpha value is -0.160. The van der Waals surface area contributed by atoms with Gasteiger partial charge in [-0.25, -0.2) is 0 Å². The quantitative estimate of drug-likeness (QED) is 0.689. The van der Waals surface area contributed by atoms with Crippen LogP contribution in [0.25, 0.3) is 0 Å². The van der Waals surface area contributed by atoms with Crippen molar-refractivity contribution < 1.29 is 18.9 Å². The van der Waals surface area contributed by atoms with Crippen LogP contribution in [-0.4, -0.2) is 44.4 Å². The van der Waals surface area contributed by atoms with Gasteiger partial charge in [0.1, 0.15) is 12.2 Å². The molecule has 3 saturated heterocycles. The molecule has 2 unspecified atom stereocenters. The molecule has 4 nitrogen and oxygen atoms in total. The molecule has 0 saturated carbocycles. The van der Waals surface area contributed by atoms with Crippen LogP contribution in [0.15, 0.2) is 0 Å². The molecular weight excluding hydrogens is 196 g/mol. The molecule has 15 heavy (non-hydrogen) atoms. The van der Waals surface area contributed by atoms with Crippen molar-refractivity contribution in [2.24, 2.45) is 0 Å². The van der Waals surface area contributed by atoms with Crippen molar-refractivity contribution in [1.29, 1.82) is 0 Å². The minimum absolute atomic E-state index is 0.0321. The molecular formula is C11H18O4. The number of ether oxygens (including phenoxy) is 4. The topological polar surface area (TPSA) is 36.9 Å². The Bertz CT molecular complexity index is 215. The molecule has 0 N–H and O–H groups in total. The number of fused-ring (bicyclic) bond motifs is 1. The van der Waals surface area contributed by atoms with E-state index in [1.54, 1.807) is 0 Å². The third-order valence-corrected chi connectivity index (χ3v) is 3.38. The van der Waals surface area contributed by atoms with Gasteiger partial charge in [-0.15, -0.1) is 0 Å². The summed E-state index contributed by atoms with van der Waals surface area (Å²) in [6.07, 6.45) is 4.84. The van der Waals surface area contributed by atoms with Gasteiger partial charge in [-0.3, -0.25) is 0 Å². The molecule has 0 aromatic rings. The average Bonchev–Trinajstić information content (AvgIpc) is 2.85. The summed E-state index contributed by atoms with van der Waals surface area (Å²) in [6, 6.07) is 0. The maximum Gasteiger partial charge on any atom is 0.158 e. The molecule has 0 aromatic carbocycles. The Morgan fingerprint density at radius 2 is 1.93 bits per heavy atom. The second-order valence-electron chi connectivity index (χ2n) is 4.47. The zero-order valence-corrected chi connectivity index (χ0v) is 8.89. The van der Waals surface area contributed by atoms with Crippen molar-refractivity contribution in [3.63, 3.8) is 0 Å². The van der Waals surface area contributed by atoms with Gasteiger partial charge in [0.25, 0.3) is 0 Å². The third kappa shape index (κ3) is 2.04. The van der Waals surface area contributed by atoms with Crippen LogP contribution >= 0.6 is 0 Å². The lowest BCUT2D eigenvalue weighted by Gasteiger charge is -2.27. The minimum atomic E-state index is -0.0321. The Balaban J connectivity index is 1.54. The van der Waals surface area contributed by atoms with Crippen molar-refractivity contribution in [1.82, 2.24) is 0 Å². The SMILES string of the molecule is C1CCC(O[C@@H]2CO[C@@H]3CCOC32)OC1. The van der Waals surface area contributed by atoms with E-state index >= 15 is 0 Å². The molecule has 0 radical (unpaired) electrons. The first-order valence-electron chi connectivity index (χ1n) is 5.94. The van der Waals surface area contributed by atoms with E-state index in [0.29, 0.717) is 6.61 Å². The molecule has 4 atom stereocenters. The fourth-order valence-electron chi connectivity index (χ4n) is 2.56. The molecule has 3 aliphatic heterocycles. The highest BCUT2D eigenvalue weighted by molar-refractivity contribution is 4.90. The highest BCUT2D eigenvalue weighted by Gasteiger charge is 2.43. The molecule has 3 aliphatic rings. The van der Waals surface area contributed by atoms with Gasteiger partial charge in [-0.05, 0) is 25.7 Å². The van der Waals surface area contributed by atoms with Crippen LogP contribution < -0.4 is 0 Å². The molecule has 0 aliphatic carbocycles. The van der Waals surface area contributed by atoms with E-state index < -0.39 is 0 Å².